The number of aryl methyl sites for hydroxylation is 2. The van der Waals surface area contributed by atoms with E-state index in [2.05, 4.69) is 37.4 Å². The van der Waals surface area contributed by atoms with Gasteiger partial charge in [-0.05, 0) is 78.8 Å². The molecule has 28 heavy (non-hydrogen) atoms. The van der Waals surface area contributed by atoms with Gasteiger partial charge in [-0.2, -0.15) is 5.10 Å². The first-order valence-electron chi connectivity index (χ1n) is 9.66. The van der Waals surface area contributed by atoms with E-state index in [0.29, 0.717) is 18.9 Å². The molecule has 0 saturated heterocycles. The maximum atomic E-state index is 11.9. The van der Waals surface area contributed by atoms with Gasteiger partial charge in [-0.3, -0.25) is 4.79 Å². The molecule has 0 saturated carbocycles. The number of amides is 1. The summed E-state index contributed by atoms with van der Waals surface area (Å²) in [5.74, 6) is 2.10. The van der Waals surface area contributed by atoms with E-state index in [1.807, 2.05) is 36.4 Å². The largest absolute Gasteiger partial charge is 0.497 e. The first-order valence-corrected chi connectivity index (χ1v) is 9.66. The standard InChI is InChI=1S/C23H30N2O3/c1-17(2)16-28-21-11-8-19(9-12-21)15-24-25-23(26)7-5-6-20-10-13-22(27-4)14-18(20)3/h8-15,17H,5-7,16H2,1-4H3,(H,25,26)/b24-15-. The Morgan fingerprint density at radius 1 is 1.14 bits per heavy atom. The molecule has 0 heterocycles. The van der Waals surface area contributed by atoms with E-state index in [9.17, 15) is 4.79 Å². The second kappa shape index (κ2) is 11.1. The van der Waals surface area contributed by atoms with E-state index in [0.717, 1.165) is 29.9 Å². The molecule has 5 heteroatoms. The maximum absolute atomic E-state index is 11.9. The van der Waals surface area contributed by atoms with Gasteiger partial charge in [0.25, 0.3) is 0 Å². The first kappa shape index (κ1) is 21.5. The van der Waals surface area contributed by atoms with Gasteiger partial charge in [-0.15, -0.1) is 0 Å². The molecular weight excluding hydrogens is 352 g/mol. The molecule has 1 amide bonds. The minimum atomic E-state index is -0.0840. The Kier molecular flexibility index (Phi) is 8.53. The fourth-order valence-corrected chi connectivity index (χ4v) is 2.66. The fraction of sp³-hybridized carbons (Fsp3) is 0.391. The Labute approximate surface area is 167 Å². The number of hydrogen-bond acceptors (Lipinski definition) is 4. The predicted octanol–water partition coefficient (Wildman–Crippen LogP) is 4.51. The third kappa shape index (κ3) is 7.43. The summed E-state index contributed by atoms with van der Waals surface area (Å²) in [6.07, 6.45) is 3.70. The van der Waals surface area contributed by atoms with Crippen molar-refractivity contribution in [2.24, 2.45) is 11.0 Å². The van der Waals surface area contributed by atoms with E-state index in [4.69, 9.17) is 9.47 Å². The van der Waals surface area contributed by atoms with Crippen molar-refractivity contribution >= 4 is 12.1 Å². The van der Waals surface area contributed by atoms with Crippen molar-refractivity contribution in [3.05, 3.63) is 59.2 Å². The van der Waals surface area contributed by atoms with Crippen LogP contribution in [0.3, 0.4) is 0 Å². The summed E-state index contributed by atoms with van der Waals surface area (Å²) in [5, 5.41) is 4.03. The summed E-state index contributed by atoms with van der Waals surface area (Å²) in [6, 6.07) is 13.7. The smallest absolute Gasteiger partial charge is 0.240 e. The summed E-state index contributed by atoms with van der Waals surface area (Å²) >= 11 is 0. The van der Waals surface area contributed by atoms with Gasteiger partial charge in [0.05, 0.1) is 19.9 Å². The third-order valence-corrected chi connectivity index (χ3v) is 4.27. The Morgan fingerprint density at radius 2 is 1.86 bits per heavy atom. The van der Waals surface area contributed by atoms with E-state index >= 15 is 0 Å². The van der Waals surface area contributed by atoms with Gasteiger partial charge in [-0.1, -0.05) is 19.9 Å². The van der Waals surface area contributed by atoms with Crippen LogP contribution in [-0.2, 0) is 11.2 Å². The van der Waals surface area contributed by atoms with Crippen molar-refractivity contribution in [2.45, 2.75) is 40.0 Å². The zero-order valence-corrected chi connectivity index (χ0v) is 17.2. The van der Waals surface area contributed by atoms with Gasteiger partial charge in [0, 0.05) is 6.42 Å². The number of rotatable bonds is 10. The fourth-order valence-electron chi connectivity index (χ4n) is 2.66. The van der Waals surface area contributed by atoms with Crippen LogP contribution in [0.5, 0.6) is 11.5 Å². The van der Waals surface area contributed by atoms with Gasteiger partial charge in [0.2, 0.25) is 5.91 Å². The predicted molar refractivity (Wildman–Crippen MR) is 113 cm³/mol. The van der Waals surface area contributed by atoms with E-state index in [1.54, 1.807) is 13.3 Å². The number of carbonyl (C=O) groups excluding carboxylic acids is 1. The van der Waals surface area contributed by atoms with Crippen LogP contribution in [0.4, 0.5) is 0 Å². The highest BCUT2D eigenvalue weighted by Crippen LogP contribution is 2.18. The van der Waals surface area contributed by atoms with Gasteiger partial charge in [0.15, 0.2) is 0 Å². The van der Waals surface area contributed by atoms with Crippen molar-refractivity contribution in [3.8, 4) is 11.5 Å². The lowest BCUT2D eigenvalue weighted by Gasteiger charge is -2.08. The molecule has 0 radical (unpaired) electrons. The number of hydrogen-bond donors (Lipinski definition) is 1. The Morgan fingerprint density at radius 3 is 2.50 bits per heavy atom. The van der Waals surface area contributed by atoms with Gasteiger partial charge < -0.3 is 9.47 Å². The number of hydrazone groups is 1. The molecule has 2 aromatic rings. The summed E-state index contributed by atoms with van der Waals surface area (Å²) < 4.78 is 10.9. The molecule has 0 aliphatic rings. The Bertz CT molecular complexity index is 783. The number of nitrogens with one attached hydrogen (secondary N) is 1. The van der Waals surface area contributed by atoms with Crippen molar-refractivity contribution in [1.82, 2.24) is 5.43 Å². The molecule has 1 N–H and O–H groups in total. The summed E-state index contributed by atoms with van der Waals surface area (Å²) in [5.41, 5.74) is 5.91. The van der Waals surface area contributed by atoms with Crippen LogP contribution < -0.4 is 14.9 Å². The topological polar surface area (TPSA) is 59.9 Å². The van der Waals surface area contributed by atoms with E-state index in [1.165, 1.54) is 11.1 Å². The minimum absolute atomic E-state index is 0.0840. The lowest BCUT2D eigenvalue weighted by Crippen LogP contribution is -2.17. The van der Waals surface area contributed by atoms with Gasteiger partial charge in [0.1, 0.15) is 11.5 Å². The molecule has 0 aromatic heterocycles. The molecule has 0 atom stereocenters. The average molecular weight is 383 g/mol. The summed E-state index contributed by atoms with van der Waals surface area (Å²) in [7, 11) is 1.66. The molecule has 0 unspecified atom stereocenters. The molecule has 2 rings (SSSR count). The van der Waals surface area contributed by atoms with Crippen molar-refractivity contribution in [3.63, 3.8) is 0 Å². The maximum Gasteiger partial charge on any atom is 0.240 e. The minimum Gasteiger partial charge on any atom is -0.497 e. The first-order chi connectivity index (χ1) is 13.5. The van der Waals surface area contributed by atoms with Gasteiger partial charge in [-0.25, -0.2) is 5.43 Å². The highest BCUT2D eigenvalue weighted by Gasteiger charge is 2.04. The molecule has 0 aliphatic heterocycles. The number of nitrogens with zero attached hydrogens (tertiary/aromatic N) is 1. The number of carbonyl (C=O) groups is 1. The number of ether oxygens (including phenoxy) is 2. The average Bonchev–Trinajstić information content (AvgIpc) is 2.68. The number of methoxy groups -OCH3 is 1. The molecule has 2 aromatic carbocycles. The molecular formula is C23H30N2O3. The summed E-state index contributed by atoms with van der Waals surface area (Å²) in [4.78, 5) is 11.9. The lowest BCUT2D eigenvalue weighted by atomic mass is 10.0. The van der Waals surface area contributed by atoms with Crippen LogP contribution >= 0.6 is 0 Å². The van der Waals surface area contributed by atoms with Crippen molar-refractivity contribution in [2.75, 3.05) is 13.7 Å². The molecule has 0 spiro atoms. The van der Waals surface area contributed by atoms with Crippen LogP contribution in [0, 0.1) is 12.8 Å². The van der Waals surface area contributed by atoms with Crippen molar-refractivity contribution < 1.29 is 14.3 Å². The Hall–Kier alpha value is -2.82. The highest BCUT2D eigenvalue weighted by atomic mass is 16.5. The Balaban J connectivity index is 1.71. The zero-order chi connectivity index (χ0) is 20.4. The lowest BCUT2D eigenvalue weighted by molar-refractivity contribution is -0.121. The molecule has 0 bridgehead atoms. The van der Waals surface area contributed by atoms with Crippen LogP contribution in [0.1, 0.15) is 43.4 Å². The molecule has 0 fully saturated rings. The highest BCUT2D eigenvalue weighted by molar-refractivity contribution is 5.82. The van der Waals surface area contributed by atoms with E-state index in [-0.39, 0.29) is 5.91 Å². The quantitative estimate of drug-likeness (QED) is 0.486. The second-order valence-corrected chi connectivity index (χ2v) is 7.21. The summed E-state index contributed by atoms with van der Waals surface area (Å²) in [6.45, 7) is 6.98. The normalized spacial score (nSPS) is 11.0. The monoisotopic (exact) mass is 382 g/mol. The molecule has 150 valence electrons. The molecule has 5 nitrogen and oxygen atoms in total. The van der Waals surface area contributed by atoms with Crippen LogP contribution in [0.15, 0.2) is 47.6 Å². The SMILES string of the molecule is COc1ccc(CCCC(=O)N/N=C\c2ccc(OCC(C)C)cc2)c(C)c1. The molecule has 0 aliphatic carbocycles. The second-order valence-electron chi connectivity index (χ2n) is 7.21. The van der Waals surface area contributed by atoms with E-state index < -0.39 is 0 Å². The van der Waals surface area contributed by atoms with Crippen LogP contribution in [0.2, 0.25) is 0 Å². The van der Waals surface area contributed by atoms with Crippen LogP contribution in [0.25, 0.3) is 0 Å². The number of benzene rings is 2. The zero-order valence-electron chi connectivity index (χ0n) is 17.2. The van der Waals surface area contributed by atoms with Gasteiger partial charge >= 0.3 is 0 Å². The van der Waals surface area contributed by atoms with Crippen LogP contribution in [-0.4, -0.2) is 25.8 Å². The van der Waals surface area contributed by atoms with Crippen molar-refractivity contribution in [1.29, 1.82) is 0 Å². The third-order valence-electron chi connectivity index (χ3n) is 4.27.